The molecule has 1 heterocycles. The zero-order valence-electron chi connectivity index (χ0n) is 18.9. The number of nitrogens with one attached hydrogen (secondary N) is 1. The maximum absolute atomic E-state index is 5.67. The number of para-hydroxylation sites is 1. The number of hydrogen-bond donors (Lipinski definition) is 1. The number of methoxy groups -OCH3 is 1. The summed E-state index contributed by atoms with van der Waals surface area (Å²) in [5, 5.41) is 5.01. The molecule has 0 atom stereocenters. The number of anilines is 1. The molecule has 0 fully saturated rings. The molecule has 0 amide bonds. The van der Waals surface area contributed by atoms with Gasteiger partial charge in [0, 0.05) is 17.5 Å². The number of benzene rings is 3. The van der Waals surface area contributed by atoms with E-state index in [2.05, 4.69) is 31.3 Å². The van der Waals surface area contributed by atoms with Crippen molar-refractivity contribution >= 4 is 23.2 Å². The SMILES string of the molecule is COc1ccc(NC(=NC(=Nc2ccccc2)N2C=CC=CO2)c2c(C)cccc2C)cc1. The molecule has 6 nitrogen and oxygen atoms in total. The van der Waals surface area contributed by atoms with E-state index in [-0.39, 0.29) is 0 Å². The average molecular weight is 439 g/mol. The highest BCUT2D eigenvalue weighted by atomic mass is 16.7. The lowest BCUT2D eigenvalue weighted by Gasteiger charge is -2.21. The van der Waals surface area contributed by atoms with E-state index in [9.17, 15) is 0 Å². The van der Waals surface area contributed by atoms with Crippen LogP contribution in [0, 0.1) is 13.8 Å². The summed E-state index contributed by atoms with van der Waals surface area (Å²) in [5.74, 6) is 1.84. The van der Waals surface area contributed by atoms with Crippen LogP contribution in [0.15, 0.2) is 107 Å². The Bertz CT molecular complexity index is 1190. The van der Waals surface area contributed by atoms with E-state index < -0.39 is 0 Å². The number of ether oxygens (including phenoxy) is 1. The van der Waals surface area contributed by atoms with Crippen LogP contribution in [0.5, 0.6) is 5.75 Å². The number of hydrogen-bond acceptors (Lipinski definition) is 3. The third-order valence-corrected chi connectivity index (χ3v) is 5.05. The van der Waals surface area contributed by atoms with Crippen LogP contribution in [0.4, 0.5) is 11.4 Å². The van der Waals surface area contributed by atoms with Gasteiger partial charge < -0.3 is 14.9 Å². The number of allylic oxidation sites excluding steroid dienone is 2. The Morgan fingerprint density at radius 1 is 0.879 bits per heavy atom. The largest absolute Gasteiger partial charge is 0.497 e. The quantitative estimate of drug-likeness (QED) is 0.393. The zero-order valence-corrected chi connectivity index (χ0v) is 18.9. The van der Waals surface area contributed by atoms with Gasteiger partial charge in [-0.15, -0.1) is 5.06 Å². The molecule has 3 aromatic carbocycles. The summed E-state index contributed by atoms with van der Waals surface area (Å²) >= 11 is 0. The van der Waals surface area contributed by atoms with Crippen molar-refractivity contribution in [3.63, 3.8) is 0 Å². The number of hydroxylamine groups is 2. The molecule has 166 valence electrons. The molecule has 1 aliphatic heterocycles. The highest BCUT2D eigenvalue weighted by Crippen LogP contribution is 2.21. The lowest BCUT2D eigenvalue weighted by Crippen LogP contribution is -2.27. The lowest BCUT2D eigenvalue weighted by molar-refractivity contribution is 0.0109. The predicted molar refractivity (Wildman–Crippen MR) is 134 cm³/mol. The molecule has 0 unspecified atom stereocenters. The van der Waals surface area contributed by atoms with Crippen molar-refractivity contribution in [1.82, 2.24) is 5.06 Å². The van der Waals surface area contributed by atoms with Gasteiger partial charge in [0.1, 0.15) is 17.8 Å². The van der Waals surface area contributed by atoms with Crippen molar-refractivity contribution in [2.75, 3.05) is 12.4 Å². The smallest absolute Gasteiger partial charge is 0.266 e. The normalized spacial score (nSPS) is 13.6. The van der Waals surface area contributed by atoms with Crippen LogP contribution in [-0.2, 0) is 4.84 Å². The summed E-state index contributed by atoms with van der Waals surface area (Å²) in [4.78, 5) is 15.4. The molecule has 0 aromatic heterocycles. The van der Waals surface area contributed by atoms with Gasteiger partial charge >= 0.3 is 0 Å². The van der Waals surface area contributed by atoms with Crippen molar-refractivity contribution in [3.8, 4) is 5.75 Å². The van der Waals surface area contributed by atoms with Crippen molar-refractivity contribution in [1.29, 1.82) is 0 Å². The number of guanidine groups is 1. The molecule has 0 saturated heterocycles. The first kappa shape index (κ1) is 21.9. The van der Waals surface area contributed by atoms with Crippen molar-refractivity contribution in [2.45, 2.75) is 13.8 Å². The molecule has 0 radical (unpaired) electrons. The van der Waals surface area contributed by atoms with Crippen molar-refractivity contribution < 1.29 is 9.57 Å². The van der Waals surface area contributed by atoms with Crippen LogP contribution < -0.4 is 10.1 Å². The molecule has 1 N–H and O–H groups in total. The van der Waals surface area contributed by atoms with E-state index in [4.69, 9.17) is 19.6 Å². The Labute approximate surface area is 194 Å². The number of aryl methyl sites for hydroxylation is 2. The van der Waals surface area contributed by atoms with Crippen LogP contribution in [0.1, 0.15) is 16.7 Å². The fourth-order valence-electron chi connectivity index (χ4n) is 3.41. The standard InChI is InChI=1S/C27H26N4O2/c1-20-10-9-11-21(2)25(20)26(28-23-14-16-24(32-3)17-15-23)30-27(31-18-7-8-19-33-31)29-22-12-5-4-6-13-22/h4-19H,1-3H3,(H,28,29,30). The Morgan fingerprint density at radius 3 is 2.24 bits per heavy atom. The van der Waals surface area contributed by atoms with Gasteiger partial charge in [-0.05, 0) is 73.5 Å². The molecule has 1 aliphatic rings. The maximum Gasteiger partial charge on any atom is 0.266 e. The second kappa shape index (κ2) is 10.3. The maximum atomic E-state index is 5.67. The predicted octanol–water partition coefficient (Wildman–Crippen LogP) is 6.13. The van der Waals surface area contributed by atoms with Gasteiger partial charge in [-0.1, -0.05) is 36.4 Å². The molecule has 0 aliphatic carbocycles. The highest BCUT2D eigenvalue weighted by Gasteiger charge is 2.17. The molecule has 4 rings (SSSR count). The van der Waals surface area contributed by atoms with Crippen LogP contribution in [-0.4, -0.2) is 24.0 Å². The molecule has 33 heavy (non-hydrogen) atoms. The summed E-state index contributed by atoms with van der Waals surface area (Å²) in [6, 6.07) is 23.6. The number of nitrogens with zero attached hydrogens (tertiary/aromatic N) is 3. The van der Waals surface area contributed by atoms with Gasteiger partial charge in [-0.25, -0.2) is 4.99 Å². The minimum atomic E-state index is 0.389. The number of amidine groups is 1. The monoisotopic (exact) mass is 438 g/mol. The Balaban J connectivity index is 1.83. The van der Waals surface area contributed by atoms with Crippen molar-refractivity contribution in [2.24, 2.45) is 9.98 Å². The average Bonchev–Trinajstić information content (AvgIpc) is 2.85. The summed E-state index contributed by atoms with van der Waals surface area (Å²) in [5.41, 5.74) is 4.86. The molecular formula is C27H26N4O2. The first-order valence-electron chi connectivity index (χ1n) is 10.6. The van der Waals surface area contributed by atoms with Gasteiger partial charge in [-0.3, -0.25) is 0 Å². The third kappa shape index (κ3) is 5.49. The van der Waals surface area contributed by atoms with E-state index >= 15 is 0 Å². The number of rotatable bonds is 4. The number of aliphatic imine (C=N–C) groups is 2. The first-order valence-corrected chi connectivity index (χ1v) is 10.6. The molecule has 0 saturated carbocycles. The van der Waals surface area contributed by atoms with E-state index in [1.807, 2.05) is 72.8 Å². The topological polar surface area (TPSA) is 58.5 Å². The zero-order chi connectivity index (χ0) is 23.0. The van der Waals surface area contributed by atoms with Gasteiger partial charge in [0.05, 0.1) is 12.8 Å². The lowest BCUT2D eigenvalue weighted by atomic mass is 10.0. The fourth-order valence-corrected chi connectivity index (χ4v) is 3.41. The Kier molecular flexibility index (Phi) is 6.85. The minimum Gasteiger partial charge on any atom is -0.497 e. The molecule has 0 spiro atoms. The fraction of sp³-hybridized carbons (Fsp3) is 0.111. The summed E-state index contributed by atoms with van der Waals surface area (Å²) in [6.45, 7) is 4.14. The van der Waals surface area contributed by atoms with Gasteiger partial charge in [0.15, 0.2) is 0 Å². The van der Waals surface area contributed by atoms with Gasteiger partial charge in [0.2, 0.25) is 0 Å². The van der Waals surface area contributed by atoms with Crippen LogP contribution in [0.3, 0.4) is 0 Å². The summed E-state index contributed by atoms with van der Waals surface area (Å²) < 4.78 is 5.29. The molecular weight excluding hydrogens is 412 g/mol. The van der Waals surface area contributed by atoms with E-state index in [0.29, 0.717) is 11.8 Å². The van der Waals surface area contributed by atoms with Gasteiger partial charge in [0.25, 0.3) is 5.96 Å². The molecule has 6 heteroatoms. The first-order chi connectivity index (χ1) is 16.1. The van der Waals surface area contributed by atoms with E-state index in [0.717, 1.165) is 33.8 Å². The Morgan fingerprint density at radius 2 is 1.61 bits per heavy atom. The highest BCUT2D eigenvalue weighted by molar-refractivity contribution is 6.14. The van der Waals surface area contributed by atoms with Crippen LogP contribution >= 0.6 is 0 Å². The second-order valence-electron chi connectivity index (χ2n) is 7.43. The van der Waals surface area contributed by atoms with E-state index in [1.54, 1.807) is 19.6 Å². The summed E-state index contributed by atoms with van der Waals surface area (Å²) in [6.07, 6.45) is 7.05. The van der Waals surface area contributed by atoms with Gasteiger partial charge in [-0.2, -0.15) is 4.99 Å². The minimum absolute atomic E-state index is 0.389. The Hall–Kier alpha value is -4.32. The van der Waals surface area contributed by atoms with Crippen LogP contribution in [0.25, 0.3) is 0 Å². The van der Waals surface area contributed by atoms with Crippen LogP contribution in [0.2, 0.25) is 0 Å². The molecule has 3 aromatic rings. The third-order valence-electron chi connectivity index (χ3n) is 5.05. The van der Waals surface area contributed by atoms with Crippen molar-refractivity contribution in [3.05, 3.63) is 114 Å². The second-order valence-corrected chi connectivity index (χ2v) is 7.43. The van der Waals surface area contributed by atoms with E-state index in [1.165, 1.54) is 5.06 Å². The molecule has 0 bridgehead atoms. The summed E-state index contributed by atoms with van der Waals surface area (Å²) in [7, 11) is 1.65.